The molecule has 2 aliphatic heterocycles. The van der Waals surface area contributed by atoms with Crippen LogP contribution in [-0.2, 0) is 16.1 Å². The molecule has 25 heavy (non-hydrogen) atoms. The lowest BCUT2D eigenvalue weighted by Gasteiger charge is -2.35. The third kappa shape index (κ3) is 3.67. The molecule has 0 spiro atoms. The molecule has 2 aromatic rings. The molecule has 1 N–H and O–H groups in total. The van der Waals surface area contributed by atoms with Crippen molar-refractivity contribution in [2.45, 2.75) is 44.1 Å². The van der Waals surface area contributed by atoms with E-state index in [-0.39, 0.29) is 12.0 Å². The zero-order valence-corrected chi connectivity index (χ0v) is 13.9. The van der Waals surface area contributed by atoms with Gasteiger partial charge in [-0.1, -0.05) is 6.07 Å². The van der Waals surface area contributed by atoms with Gasteiger partial charge in [-0.25, -0.2) is 4.98 Å². The molecular weight excluding hydrogens is 318 g/mol. The van der Waals surface area contributed by atoms with Crippen molar-refractivity contribution in [2.75, 3.05) is 11.9 Å². The van der Waals surface area contributed by atoms with E-state index in [9.17, 15) is 4.79 Å². The summed E-state index contributed by atoms with van der Waals surface area (Å²) < 4.78 is 6.09. The number of rotatable bonds is 4. The summed E-state index contributed by atoms with van der Waals surface area (Å²) in [6.07, 6.45) is 8.80. The van der Waals surface area contributed by atoms with Gasteiger partial charge in [-0.3, -0.25) is 19.7 Å². The maximum Gasteiger partial charge on any atom is 0.254 e. The van der Waals surface area contributed by atoms with E-state index in [1.807, 2.05) is 24.4 Å². The van der Waals surface area contributed by atoms with Crippen LogP contribution in [0.2, 0.25) is 0 Å². The summed E-state index contributed by atoms with van der Waals surface area (Å²) in [5.41, 5.74) is 1.07. The van der Waals surface area contributed by atoms with Crippen LogP contribution in [0.25, 0.3) is 0 Å². The van der Waals surface area contributed by atoms with Crippen LogP contribution in [0.3, 0.4) is 0 Å². The number of carbonyl (C=O) groups is 1. The second kappa shape index (κ2) is 7.25. The lowest BCUT2D eigenvalue weighted by atomic mass is 9.98. The van der Waals surface area contributed by atoms with E-state index in [0.29, 0.717) is 18.3 Å². The molecule has 7 heteroatoms. The van der Waals surface area contributed by atoms with Gasteiger partial charge in [0, 0.05) is 37.7 Å². The summed E-state index contributed by atoms with van der Waals surface area (Å²) >= 11 is 0. The monoisotopic (exact) mass is 339 g/mol. The van der Waals surface area contributed by atoms with Crippen molar-refractivity contribution in [1.29, 1.82) is 0 Å². The number of carbonyl (C=O) groups excluding carboxylic acids is 1. The van der Waals surface area contributed by atoms with Crippen LogP contribution in [-0.4, -0.2) is 50.6 Å². The van der Waals surface area contributed by atoms with E-state index < -0.39 is 6.10 Å². The lowest BCUT2D eigenvalue weighted by Crippen LogP contribution is -2.46. The normalized spacial score (nSPS) is 26.2. The number of aromatic nitrogens is 3. The molecule has 0 saturated carbocycles. The number of hydrogen-bond acceptors (Lipinski definition) is 6. The zero-order valence-electron chi connectivity index (χ0n) is 13.9. The fourth-order valence-electron chi connectivity index (χ4n) is 3.67. The molecule has 3 atom stereocenters. The highest BCUT2D eigenvalue weighted by Gasteiger charge is 2.41. The second-order valence-electron chi connectivity index (χ2n) is 6.47. The Morgan fingerprint density at radius 2 is 2.16 bits per heavy atom. The average Bonchev–Trinajstić information content (AvgIpc) is 3.05. The Balaban J connectivity index is 1.34. The Hall–Kier alpha value is -2.38. The molecular formula is C18H21N5O2. The number of nitrogens with zero attached hydrogens (tertiary/aromatic N) is 4. The largest absolute Gasteiger partial charge is 0.363 e. The van der Waals surface area contributed by atoms with E-state index in [1.54, 1.807) is 12.4 Å². The number of likely N-dealkylation sites (tertiary alicyclic amines) is 1. The van der Waals surface area contributed by atoms with E-state index in [2.05, 4.69) is 25.2 Å². The van der Waals surface area contributed by atoms with Gasteiger partial charge in [0.05, 0.1) is 18.0 Å². The lowest BCUT2D eigenvalue weighted by molar-refractivity contribution is -0.138. The number of pyridine rings is 1. The van der Waals surface area contributed by atoms with Gasteiger partial charge in [0.1, 0.15) is 6.10 Å². The SMILES string of the molecule is O=C(Nc1cnccn1)[C@H]1CC[C@@H]2[C@@H](CCN2Cc2ccccn2)O1. The number of fused-ring (bicyclic) bond motifs is 1. The van der Waals surface area contributed by atoms with Gasteiger partial charge in [-0.2, -0.15) is 0 Å². The molecule has 0 bridgehead atoms. The summed E-state index contributed by atoms with van der Waals surface area (Å²) in [5.74, 6) is 0.323. The fraction of sp³-hybridized carbons (Fsp3) is 0.444. The summed E-state index contributed by atoms with van der Waals surface area (Å²) in [4.78, 5) is 27.3. The number of anilines is 1. The molecule has 7 nitrogen and oxygen atoms in total. The number of amides is 1. The summed E-state index contributed by atoms with van der Waals surface area (Å²) in [5, 5.41) is 2.78. The zero-order chi connectivity index (χ0) is 17.1. The summed E-state index contributed by atoms with van der Waals surface area (Å²) in [7, 11) is 0. The van der Waals surface area contributed by atoms with Crippen LogP contribution >= 0.6 is 0 Å². The molecule has 0 unspecified atom stereocenters. The predicted molar refractivity (Wildman–Crippen MR) is 91.6 cm³/mol. The van der Waals surface area contributed by atoms with Crippen molar-refractivity contribution < 1.29 is 9.53 Å². The second-order valence-corrected chi connectivity index (χ2v) is 6.47. The average molecular weight is 339 g/mol. The van der Waals surface area contributed by atoms with Crippen LogP contribution in [0.5, 0.6) is 0 Å². The molecule has 2 aliphatic rings. The highest BCUT2D eigenvalue weighted by Crippen LogP contribution is 2.32. The molecule has 2 saturated heterocycles. The first-order valence-electron chi connectivity index (χ1n) is 8.66. The fourth-order valence-corrected chi connectivity index (χ4v) is 3.67. The number of hydrogen-bond donors (Lipinski definition) is 1. The van der Waals surface area contributed by atoms with Crippen molar-refractivity contribution >= 4 is 11.7 Å². The minimum atomic E-state index is -0.418. The summed E-state index contributed by atoms with van der Waals surface area (Å²) in [6, 6.07) is 6.36. The predicted octanol–water partition coefficient (Wildman–Crippen LogP) is 1.63. The Labute approximate surface area is 146 Å². The van der Waals surface area contributed by atoms with Crippen molar-refractivity contribution in [3.8, 4) is 0 Å². The van der Waals surface area contributed by atoms with Crippen LogP contribution < -0.4 is 5.32 Å². The van der Waals surface area contributed by atoms with Crippen LogP contribution in [0, 0.1) is 0 Å². The van der Waals surface area contributed by atoms with Crippen LogP contribution in [0.15, 0.2) is 43.0 Å². The van der Waals surface area contributed by atoms with Crippen molar-refractivity contribution in [1.82, 2.24) is 19.9 Å². The van der Waals surface area contributed by atoms with E-state index in [1.165, 1.54) is 6.20 Å². The number of nitrogens with one attached hydrogen (secondary N) is 1. The maximum absolute atomic E-state index is 12.4. The maximum atomic E-state index is 12.4. The van der Waals surface area contributed by atoms with Crippen molar-refractivity contribution in [3.63, 3.8) is 0 Å². The van der Waals surface area contributed by atoms with Gasteiger partial charge in [0.2, 0.25) is 0 Å². The molecule has 1 amide bonds. The minimum absolute atomic E-state index is 0.107. The highest BCUT2D eigenvalue weighted by molar-refractivity contribution is 5.93. The quantitative estimate of drug-likeness (QED) is 0.912. The van der Waals surface area contributed by atoms with Gasteiger partial charge in [-0.15, -0.1) is 0 Å². The molecule has 4 heterocycles. The molecule has 130 valence electrons. The van der Waals surface area contributed by atoms with Crippen LogP contribution in [0.1, 0.15) is 25.0 Å². The van der Waals surface area contributed by atoms with Gasteiger partial charge in [0.25, 0.3) is 5.91 Å². The van der Waals surface area contributed by atoms with Crippen molar-refractivity contribution in [3.05, 3.63) is 48.7 Å². The topological polar surface area (TPSA) is 80.2 Å². The Morgan fingerprint density at radius 3 is 2.96 bits per heavy atom. The first kappa shape index (κ1) is 16.1. The van der Waals surface area contributed by atoms with E-state index in [0.717, 1.165) is 31.6 Å². The van der Waals surface area contributed by atoms with Gasteiger partial charge in [-0.05, 0) is 31.4 Å². The molecule has 0 aromatic carbocycles. The Kier molecular flexibility index (Phi) is 4.67. The molecule has 2 aromatic heterocycles. The van der Waals surface area contributed by atoms with Gasteiger partial charge in [0.15, 0.2) is 5.82 Å². The minimum Gasteiger partial charge on any atom is -0.363 e. The third-order valence-corrected chi connectivity index (χ3v) is 4.86. The van der Waals surface area contributed by atoms with Gasteiger partial charge >= 0.3 is 0 Å². The molecule has 0 radical (unpaired) electrons. The first-order chi connectivity index (χ1) is 12.3. The first-order valence-corrected chi connectivity index (χ1v) is 8.66. The van der Waals surface area contributed by atoms with E-state index in [4.69, 9.17) is 4.74 Å². The Morgan fingerprint density at radius 1 is 1.20 bits per heavy atom. The molecule has 4 rings (SSSR count). The standard InChI is InChI=1S/C18H21N5O2/c24-18(22-17-11-19-8-9-21-17)16-5-4-14-15(25-16)6-10-23(14)12-13-3-1-2-7-20-13/h1-3,7-9,11,14-16H,4-6,10,12H2,(H,21,22,24)/t14-,15-,16-/m1/s1. The smallest absolute Gasteiger partial charge is 0.254 e. The van der Waals surface area contributed by atoms with E-state index >= 15 is 0 Å². The number of ether oxygens (including phenoxy) is 1. The van der Waals surface area contributed by atoms with Crippen LogP contribution in [0.4, 0.5) is 5.82 Å². The summed E-state index contributed by atoms with van der Waals surface area (Å²) in [6.45, 7) is 1.81. The van der Waals surface area contributed by atoms with Crippen molar-refractivity contribution in [2.24, 2.45) is 0 Å². The third-order valence-electron chi connectivity index (χ3n) is 4.86. The highest BCUT2D eigenvalue weighted by atomic mass is 16.5. The molecule has 0 aliphatic carbocycles. The van der Waals surface area contributed by atoms with Gasteiger partial charge < -0.3 is 10.1 Å². The molecule has 2 fully saturated rings. The Bertz CT molecular complexity index is 712.